The normalized spacial score (nSPS) is 9.76. The molecule has 0 unspecified atom stereocenters. The molecule has 17 heavy (non-hydrogen) atoms. The lowest BCUT2D eigenvalue weighted by atomic mass is 10.1. The average Bonchev–Trinajstić information content (AvgIpc) is 2.28. The number of hydrazine groups is 1. The van der Waals surface area contributed by atoms with Crippen molar-refractivity contribution in [3.8, 4) is 0 Å². The van der Waals surface area contributed by atoms with Gasteiger partial charge in [-0.2, -0.15) is 0 Å². The van der Waals surface area contributed by atoms with Crippen LogP contribution in [0.1, 0.15) is 22.3 Å². The van der Waals surface area contributed by atoms with Gasteiger partial charge >= 0.3 is 0 Å². The second-order valence-electron chi connectivity index (χ2n) is 3.65. The van der Waals surface area contributed by atoms with E-state index in [1.54, 1.807) is 18.2 Å². The number of aryl methyl sites for hydroxylation is 1. The van der Waals surface area contributed by atoms with Crippen LogP contribution in [0.5, 0.6) is 0 Å². The van der Waals surface area contributed by atoms with Gasteiger partial charge in [0, 0.05) is 24.2 Å². The maximum absolute atomic E-state index is 11.7. The lowest BCUT2D eigenvalue weighted by Crippen LogP contribution is -2.28. The number of carbonyl (C=O) groups excluding carboxylic acids is 2. The Bertz CT molecular complexity index is 431. The summed E-state index contributed by atoms with van der Waals surface area (Å²) < 4.78 is 0. The minimum absolute atomic E-state index is 0.132. The molecule has 0 aliphatic heterocycles. The Labute approximate surface area is 99.3 Å². The first-order valence-electron chi connectivity index (χ1n) is 5.18. The van der Waals surface area contributed by atoms with Gasteiger partial charge in [-0.05, 0) is 30.7 Å². The average molecular weight is 236 g/mol. The molecule has 2 amide bonds. The highest BCUT2D eigenvalue weighted by atomic mass is 16.2. The third-order valence-electron chi connectivity index (χ3n) is 2.29. The molecule has 0 radical (unpaired) electrons. The Morgan fingerprint density at radius 2 is 2.06 bits per heavy atom. The maximum atomic E-state index is 11.7. The van der Waals surface area contributed by atoms with E-state index in [0.717, 1.165) is 11.3 Å². The van der Waals surface area contributed by atoms with Crippen molar-refractivity contribution in [1.29, 1.82) is 0 Å². The number of carbonyl (C=O) groups is 2. The zero-order valence-electron chi connectivity index (χ0n) is 9.62. The number of hydrogen-bond donors (Lipinski definition) is 4. The third-order valence-corrected chi connectivity index (χ3v) is 2.29. The number of anilines is 1. The van der Waals surface area contributed by atoms with E-state index < -0.39 is 5.91 Å². The minimum atomic E-state index is -0.440. The monoisotopic (exact) mass is 236 g/mol. The van der Waals surface area contributed by atoms with Gasteiger partial charge in [0.05, 0.1) is 0 Å². The van der Waals surface area contributed by atoms with Crippen molar-refractivity contribution in [1.82, 2.24) is 5.32 Å². The van der Waals surface area contributed by atoms with Crippen LogP contribution < -0.4 is 22.3 Å². The van der Waals surface area contributed by atoms with Gasteiger partial charge < -0.3 is 16.5 Å². The number of nitrogens with one attached hydrogen (secondary N) is 2. The van der Waals surface area contributed by atoms with E-state index in [1.807, 2.05) is 6.92 Å². The lowest BCUT2D eigenvalue weighted by molar-refractivity contribution is -0.117. The van der Waals surface area contributed by atoms with Crippen LogP contribution in [0.25, 0.3) is 0 Å². The quantitative estimate of drug-likeness (QED) is 0.422. The topological polar surface area (TPSA) is 110 Å². The van der Waals surface area contributed by atoms with Gasteiger partial charge in [-0.15, -0.1) is 0 Å². The second kappa shape index (κ2) is 5.86. The van der Waals surface area contributed by atoms with Crippen molar-refractivity contribution in [2.45, 2.75) is 13.3 Å². The van der Waals surface area contributed by atoms with Crippen molar-refractivity contribution in [3.63, 3.8) is 0 Å². The zero-order valence-corrected chi connectivity index (χ0v) is 9.62. The molecule has 0 heterocycles. The number of amides is 2. The van der Waals surface area contributed by atoms with E-state index in [9.17, 15) is 9.59 Å². The van der Waals surface area contributed by atoms with Crippen LogP contribution in [0.3, 0.4) is 0 Å². The molecule has 1 rings (SSSR count). The Balaban J connectivity index is 2.66. The fourth-order valence-electron chi connectivity index (χ4n) is 1.40. The highest BCUT2D eigenvalue weighted by Gasteiger charge is 2.08. The number of hydrogen-bond acceptors (Lipinski definition) is 4. The van der Waals surface area contributed by atoms with Crippen molar-refractivity contribution < 1.29 is 9.59 Å². The first kappa shape index (κ1) is 13.0. The van der Waals surface area contributed by atoms with Gasteiger partial charge in [-0.3, -0.25) is 15.4 Å². The SMILES string of the molecule is Cc1cc(NN)ccc1C(=O)NCCC(N)=O. The predicted molar refractivity (Wildman–Crippen MR) is 65.1 cm³/mol. The first-order valence-corrected chi connectivity index (χ1v) is 5.18. The molecule has 92 valence electrons. The fourth-order valence-corrected chi connectivity index (χ4v) is 1.40. The van der Waals surface area contributed by atoms with Gasteiger partial charge in [-0.25, -0.2) is 0 Å². The van der Waals surface area contributed by atoms with Crippen LogP contribution in [-0.4, -0.2) is 18.4 Å². The standard InChI is InChI=1S/C11H16N4O2/c1-7-6-8(15-13)2-3-9(7)11(17)14-5-4-10(12)16/h2-3,6,15H,4-5,13H2,1H3,(H2,12,16)(H,14,17). The Morgan fingerprint density at radius 1 is 1.35 bits per heavy atom. The van der Waals surface area contributed by atoms with Crippen molar-refractivity contribution in [3.05, 3.63) is 29.3 Å². The highest BCUT2D eigenvalue weighted by molar-refractivity contribution is 5.96. The number of nitrogen functional groups attached to an aromatic ring is 1. The molecule has 0 fully saturated rings. The first-order chi connectivity index (χ1) is 8.04. The van der Waals surface area contributed by atoms with Crippen LogP contribution in [0.2, 0.25) is 0 Å². The van der Waals surface area contributed by atoms with E-state index in [0.29, 0.717) is 5.56 Å². The molecule has 0 spiro atoms. The van der Waals surface area contributed by atoms with E-state index in [-0.39, 0.29) is 18.9 Å². The lowest BCUT2D eigenvalue weighted by Gasteiger charge is -2.08. The summed E-state index contributed by atoms with van der Waals surface area (Å²) >= 11 is 0. The summed E-state index contributed by atoms with van der Waals surface area (Å²) in [6.07, 6.45) is 0.132. The molecule has 0 aliphatic rings. The van der Waals surface area contributed by atoms with E-state index >= 15 is 0 Å². The number of rotatable bonds is 5. The molecule has 1 aromatic carbocycles. The molecule has 0 saturated heterocycles. The number of benzene rings is 1. The summed E-state index contributed by atoms with van der Waals surface area (Å²) in [6, 6.07) is 5.14. The largest absolute Gasteiger partial charge is 0.370 e. The van der Waals surface area contributed by atoms with Crippen LogP contribution in [0.15, 0.2) is 18.2 Å². The zero-order chi connectivity index (χ0) is 12.8. The van der Waals surface area contributed by atoms with Crippen LogP contribution in [-0.2, 0) is 4.79 Å². The Morgan fingerprint density at radius 3 is 2.59 bits per heavy atom. The molecule has 0 aromatic heterocycles. The van der Waals surface area contributed by atoms with E-state index in [4.69, 9.17) is 11.6 Å². The van der Waals surface area contributed by atoms with Crippen molar-refractivity contribution in [2.24, 2.45) is 11.6 Å². The minimum Gasteiger partial charge on any atom is -0.370 e. The van der Waals surface area contributed by atoms with Crippen LogP contribution in [0.4, 0.5) is 5.69 Å². The van der Waals surface area contributed by atoms with E-state index in [2.05, 4.69) is 10.7 Å². The molecular formula is C11H16N4O2. The molecule has 6 heteroatoms. The summed E-state index contributed by atoms with van der Waals surface area (Å²) in [7, 11) is 0. The third kappa shape index (κ3) is 3.76. The summed E-state index contributed by atoms with van der Waals surface area (Å²) in [5.41, 5.74) is 9.56. The number of primary amides is 1. The van der Waals surface area contributed by atoms with Crippen molar-refractivity contribution in [2.75, 3.05) is 12.0 Å². The van der Waals surface area contributed by atoms with Gasteiger partial charge in [0.15, 0.2) is 0 Å². The summed E-state index contributed by atoms with van der Waals surface area (Å²) in [4.78, 5) is 22.2. The van der Waals surface area contributed by atoms with Crippen molar-refractivity contribution >= 4 is 17.5 Å². The summed E-state index contributed by atoms with van der Waals surface area (Å²) in [5.74, 6) is 4.59. The predicted octanol–water partition coefficient (Wildman–Crippen LogP) is -0.114. The molecule has 0 saturated carbocycles. The van der Waals surface area contributed by atoms with Crippen LogP contribution in [0, 0.1) is 6.92 Å². The Kier molecular flexibility index (Phi) is 4.47. The van der Waals surface area contributed by atoms with Gasteiger partial charge in [-0.1, -0.05) is 0 Å². The molecule has 1 aromatic rings. The summed E-state index contributed by atoms with van der Waals surface area (Å²) in [5, 5.41) is 2.62. The van der Waals surface area contributed by atoms with Gasteiger partial charge in [0.25, 0.3) is 5.91 Å². The van der Waals surface area contributed by atoms with Gasteiger partial charge in [0.1, 0.15) is 0 Å². The molecular weight excluding hydrogens is 220 g/mol. The molecule has 0 atom stereocenters. The smallest absolute Gasteiger partial charge is 0.251 e. The maximum Gasteiger partial charge on any atom is 0.251 e. The fraction of sp³-hybridized carbons (Fsp3) is 0.273. The summed E-state index contributed by atoms with van der Waals surface area (Å²) in [6.45, 7) is 2.05. The number of nitrogens with two attached hydrogens (primary N) is 2. The molecule has 6 N–H and O–H groups in total. The molecule has 0 bridgehead atoms. The second-order valence-corrected chi connectivity index (χ2v) is 3.65. The van der Waals surface area contributed by atoms with Crippen LogP contribution >= 0.6 is 0 Å². The van der Waals surface area contributed by atoms with E-state index in [1.165, 1.54) is 0 Å². The Hall–Kier alpha value is -2.08. The van der Waals surface area contributed by atoms with Gasteiger partial charge in [0.2, 0.25) is 5.91 Å². The highest BCUT2D eigenvalue weighted by Crippen LogP contribution is 2.13. The molecule has 0 aliphatic carbocycles. The molecule has 6 nitrogen and oxygen atoms in total.